The molecule has 2 N–H and O–H groups in total. The predicted octanol–water partition coefficient (Wildman–Crippen LogP) is 2.13. The quantitative estimate of drug-likeness (QED) is 0.788. The van der Waals surface area contributed by atoms with Crippen molar-refractivity contribution in [2.24, 2.45) is 0 Å². The number of carboxylic acid groups (broad SMARTS) is 1. The highest BCUT2D eigenvalue weighted by Gasteiger charge is 2.17. The van der Waals surface area contributed by atoms with Gasteiger partial charge >= 0.3 is 5.97 Å². The lowest BCUT2D eigenvalue weighted by Crippen LogP contribution is -2.25. The summed E-state index contributed by atoms with van der Waals surface area (Å²) in [5.74, 6) is -0.932. The predicted molar refractivity (Wildman–Crippen MR) is 77.2 cm³/mol. The van der Waals surface area contributed by atoms with Crippen LogP contribution in [-0.2, 0) is 20.2 Å². The molecule has 0 atom stereocenters. The van der Waals surface area contributed by atoms with Crippen LogP contribution in [-0.4, -0.2) is 26.0 Å². The third-order valence-corrected chi connectivity index (χ3v) is 4.37. The first-order valence-electron chi connectivity index (χ1n) is 6.45. The Labute approximate surface area is 120 Å². The number of hydrogen-bond donors (Lipinski definition) is 2. The van der Waals surface area contributed by atoms with Gasteiger partial charge < -0.3 is 5.11 Å². The van der Waals surface area contributed by atoms with Crippen LogP contribution >= 0.6 is 0 Å². The van der Waals surface area contributed by atoms with Gasteiger partial charge in [0.05, 0.1) is 4.90 Å². The summed E-state index contributed by atoms with van der Waals surface area (Å²) in [7, 11) is -3.56. The fourth-order valence-corrected chi connectivity index (χ4v) is 2.74. The van der Waals surface area contributed by atoms with Crippen molar-refractivity contribution >= 4 is 16.0 Å². The first kappa shape index (κ1) is 16.7. The zero-order chi connectivity index (χ0) is 15.4. The summed E-state index contributed by atoms with van der Waals surface area (Å²) in [5, 5.41) is 8.49. The Kier molecular flexibility index (Phi) is 5.30. The molecular weight excluding hydrogens is 278 g/mol. The number of aliphatic carboxylic acids is 1. The molecule has 0 spiro atoms. The number of benzene rings is 1. The van der Waals surface area contributed by atoms with E-state index in [1.54, 1.807) is 24.3 Å². The van der Waals surface area contributed by atoms with Gasteiger partial charge in [-0.15, -0.1) is 0 Å². The van der Waals surface area contributed by atoms with Crippen molar-refractivity contribution in [2.45, 2.75) is 43.9 Å². The van der Waals surface area contributed by atoms with Gasteiger partial charge in [0.1, 0.15) is 0 Å². The zero-order valence-corrected chi connectivity index (χ0v) is 12.8. The van der Waals surface area contributed by atoms with E-state index in [2.05, 4.69) is 25.5 Å². The number of carbonyl (C=O) groups is 1. The Bertz CT molecular complexity index is 556. The molecule has 1 aromatic rings. The Hall–Kier alpha value is -1.40. The molecule has 112 valence electrons. The molecule has 1 rings (SSSR count). The van der Waals surface area contributed by atoms with Crippen LogP contribution in [0.5, 0.6) is 0 Å². The minimum Gasteiger partial charge on any atom is -0.481 e. The molecule has 20 heavy (non-hydrogen) atoms. The van der Waals surface area contributed by atoms with E-state index < -0.39 is 16.0 Å². The summed E-state index contributed by atoms with van der Waals surface area (Å²) in [5.41, 5.74) is 1.03. The Morgan fingerprint density at radius 1 is 1.20 bits per heavy atom. The van der Waals surface area contributed by atoms with Gasteiger partial charge in [-0.25, -0.2) is 13.1 Å². The van der Waals surface area contributed by atoms with Gasteiger partial charge in [-0.05, 0) is 29.5 Å². The third-order valence-electron chi connectivity index (χ3n) is 2.89. The van der Waals surface area contributed by atoms with Crippen LogP contribution in [0.2, 0.25) is 0 Å². The average Bonchev–Trinajstić information content (AvgIpc) is 2.34. The standard InChI is InChI=1S/C14H21NO4S/c1-14(2,3)11-6-8-12(9-7-11)20(18,19)15-10-4-5-13(16)17/h6-9,15H,4-5,10H2,1-3H3,(H,16,17). The van der Waals surface area contributed by atoms with Crippen LogP contribution in [0.4, 0.5) is 0 Å². The molecule has 0 fully saturated rings. The molecule has 0 unspecified atom stereocenters. The maximum atomic E-state index is 12.0. The lowest BCUT2D eigenvalue weighted by Gasteiger charge is -2.19. The number of nitrogens with one attached hydrogen (secondary N) is 1. The first-order chi connectivity index (χ1) is 9.13. The van der Waals surface area contributed by atoms with E-state index in [1.807, 2.05) is 0 Å². The van der Waals surface area contributed by atoms with Crippen molar-refractivity contribution in [2.75, 3.05) is 6.54 Å². The van der Waals surface area contributed by atoms with E-state index in [9.17, 15) is 13.2 Å². The second kappa shape index (κ2) is 6.37. The summed E-state index contributed by atoms with van der Waals surface area (Å²) in [6, 6.07) is 6.73. The van der Waals surface area contributed by atoms with Gasteiger partial charge in [0.2, 0.25) is 10.0 Å². The number of hydrogen-bond acceptors (Lipinski definition) is 3. The molecule has 0 aliphatic rings. The maximum absolute atomic E-state index is 12.0. The van der Waals surface area contributed by atoms with Crippen LogP contribution in [0, 0.1) is 0 Å². The molecule has 0 heterocycles. The highest BCUT2D eigenvalue weighted by molar-refractivity contribution is 7.89. The zero-order valence-electron chi connectivity index (χ0n) is 12.0. The summed E-state index contributed by atoms with van der Waals surface area (Å²) < 4.78 is 26.4. The first-order valence-corrected chi connectivity index (χ1v) is 7.93. The van der Waals surface area contributed by atoms with Crippen molar-refractivity contribution in [3.05, 3.63) is 29.8 Å². The molecule has 0 saturated heterocycles. The molecule has 6 heteroatoms. The van der Waals surface area contributed by atoms with Gasteiger partial charge in [-0.2, -0.15) is 0 Å². The fraction of sp³-hybridized carbons (Fsp3) is 0.500. The van der Waals surface area contributed by atoms with Crippen molar-refractivity contribution in [3.8, 4) is 0 Å². The molecular formula is C14H21NO4S. The lowest BCUT2D eigenvalue weighted by atomic mass is 9.87. The van der Waals surface area contributed by atoms with E-state index in [-0.39, 0.29) is 29.7 Å². The van der Waals surface area contributed by atoms with Gasteiger partial charge in [0, 0.05) is 13.0 Å². The summed E-state index contributed by atoms with van der Waals surface area (Å²) in [6.07, 6.45) is 0.222. The highest BCUT2D eigenvalue weighted by atomic mass is 32.2. The van der Waals surface area contributed by atoms with E-state index >= 15 is 0 Å². The molecule has 0 bridgehead atoms. The minimum atomic E-state index is -3.56. The van der Waals surface area contributed by atoms with Gasteiger partial charge in [-0.3, -0.25) is 4.79 Å². The summed E-state index contributed by atoms with van der Waals surface area (Å²) in [6.45, 7) is 6.29. The van der Waals surface area contributed by atoms with Gasteiger partial charge in [-0.1, -0.05) is 32.9 Å². The van der Waals surface area contributed by atoms with Crippen LogP contribution in [0.15, 0.2) is 29.2 Å². The summed E-state index contributed by atoms with van der Waals surface area (Å²) in [4.78, 5) is 10.5. The SMILES string of the molecule is CC(C)(C)c1ccc(S(=O)(=O)NCCCC(=O)O)cc1. The topological polar surface area (TPSA) is 83.5 Å². The van der Waals surface area contributed by atoms with Crippen molar-refractivity contribution in [1.29, 1.82) is 0 Å². The van der Waals surface area contributed by atoms with Crippen molar-refractivity contribution in [1.82, 2.24) is 4.72 Å². The third kappa shape index (κ3) is 4.94. The molecule has 1 aromatic carbocycles. The normalized spacial score (nSPS) is 12.3. The lowest BCUT2D eigenvalue weighted by molar-refractivity contribution is -0.137. The van der Waals surface area contributed by atoms with E-state index in [0.29, 0.717) is 0 Å². The second-order valence-corrected chi connectivity index (χ2v) is 7.44. The molecule has 5 nitrogen and oxygen atoms in total. The second-order valence-electron chi connectivity index (χ2n) is 5.67. The molecule has 0 amide bonds. The van der Waals surface area contributed by atoms with E-state index in [4.69, 9.17) is 5.11 Å². The van der Waals surface area contributed by atoms with E-state index in [0.717, 1.165) is 5.56 Å². The minimum absolute atomic E-state index is 0.0305. The average molecular weight is 299 g/mol. The van der Waals surface area contributed by atoms with Crippen molar-refractivity contribution in [3.63, 3.8) is 0 Å². The smallest absolute Gasteiger partial charge is 0.303 e. The molecule has 0 saturated carbocycles. The molecule has 0 aromatic heterocycles. The molecule has 0 aliphatic heterocycles. The largest absolute Gasteiger partial charge is 0.481 e. The monoisotopic (exact) mass is 299 g/mol. The van der Waals surface area contributed by atoms with Crippen molar-refractivity contribution < 1.29 is 18.3 Å². The van der Waals surface area contributed by atoms with Crippen LogP contribution in [0.1, 0.15) is 39.2 Å². The van der Waals surface area contributed by atoms with Gasteiger partial charge in [0.15, 0.2) is 0 Å². The summed E-state index contributed by atoms with van der Waals surface area (Å²) >= 11 is 0. The number of carboxylic acids is 1. The van der Waals surface area contributed by atoms with Crippen LogP contribution in [0.3, 0.4) is 0 Å². The maximum Gasteiger partial charge on any atom is 0.303 e. The van der Waals surface area contributed by atoms with Gasteiger partial charge in [0.25, 0.3) is 0 Å². The fourth-order valence-electron chi connectivity index (χ4n) is 1.66. The van der Waals surface area contributed by atoms with Crippen LogP contribution < -0.4 is 4.72 Å². The Morgan fingerprint density at radius 2 is 1.75 bits per heavy atom. The molecule has 0 aliphatic carbocycles. The number of rotatable bonds is 6. The van der Waals surface area contributed by atoms with E-state index in [1.165, 1.54) is 0 Å². The molecule has 0 radical (unpaired) electrons. The Balaban J connectivity index is 2.71. The Morgan fingerprint density at radius 3 is 2.20 bits per heavy atom. The van der Waals surface area contributed by atoms with Crippen LogP contribution in [0.25, 0.3) is 0 Å². The highest BCUT2D eigenvalue weighted by Crippen LogP contribution is 2.23. The number of sulfonamides is 1.